The van der Waals surface area contributed by atoms with Crippen molar-refractivity contribution in [1.82, 2.24) is 4.57 Å². The highest BCUT2D eigenvalue weighted by atomic mass is 19.1. The van der Waals surface area contributed by atoms with Crippen molar-refractivity contribution in [3.8, 4) is 11.6 Å². The Kier molecular flexibility index (Phi) is 4.24. The van der Waals surface area contributed by atoms with E-state index < -0.39 is 18.3 Å². The second-order valence-corrected chi connectivity index (χ2v) is 5.06. The molecule has 0 atom stereocenters. The summed E-state index contributed by atoms with van der Waals surface area (Å²) in [6.07, 6.45) is 0. The SMILES string of the molecule is Cn1c(O)c(N=NC(=O)COc2ccccc2F)c2ccccc21. The van der Waals surface area contributed by atoms with Crippen LogP contribution in [0.4, 0.5) is 10.1 Å². The second kappa shape index (κ2) is 6.49. The average molecular weight is 327 g/mol. The van der Waals surface area contributed by atoms with Gasteiger partial charge in [-0.05, 0) is 18.2 Å². The van der Waals surface area contributed by atoms with E-state index in [2.05, 4.69) is 10.2 Å². The van der Waals surface area contributed by atoms with Crippen molar-refractivity contribution in [2.24, 2.45) is 17.3 Å². The number of carbonyl (C=O) groups excluding carboxylic acids is 1. The number of halogens is 1. The van der Waals surface area contributed by atoms with Crippen LogP contribution < -0.4 is 4.74 Å². The lowest BCUT2D eigenvalue weighted by Gasteiger charge is -2.03. The lowest BCUT2D eigenvalue weighted by atomic mass is 10.2. The van der Waals surface area contributed by atoms with Gasteiger partial charge >= 0.3 is 5.91 Å². The van der Waals surface area contributed by atoms with Crippen molar-refractivity contribution in [2.75, 3.05) is 6.61 Å². The third-order valence-electron chi connectivity index (χ3n) is 3.50. The van der Waals surface area contributed by atoms with Crippen molar-refractivity contribution >= 4 is 22.5 Å². The number of azo groups is 1. The van der Waals surface area contributed by atoms with Gasteiger partial charge in [-0.2, -0.15) is 0 Å². The molecule has 0 saturated carbocycles. The standard InChI is InChI=1S/C17H14FN3O3/c1-21-13-8-4-2-6-11(13)16(17(21)23)20-19-15(22)10-24-14-9-5-3-7-12(14)18/h2-9,23H,10H2,1H3. The van der Waals surface area contributed by atoms with Gasteiger partial charge in [0.05, 0.1) is 5.52 Å². The van der Waals surface area contributed by atoms with Crippen LogP contribution in [0.15, 0.2) is 58.8 Å². The zero-order chi connectivity index (χ0) is 17.1. The number of aromatic hydroxyl groups is 1. The summed E-state index contributed by atoms with van der Waals surface area (Å²) in [6, 6.07) is 13.0. The number of para-hydroxylation sites is 2. The van der Waals surface area contributed by atoms with Crippen LogP contribution in [0, 0.1) is 5.82 Å². The Morgan fingerprint density at radius 2 is 1.92 bits per heavy atom. The minimum Gasteiger partial charge on any atom is -0.493 e. The van der Waals surface area contributed by atoms with Crippen LogP contribution in [0.3, 0.4) is 0 Å². The van der Waals surface area contributed by atoms with Crippen LogP contribution in [0.5, 0.6) is 11.6 Å². The van der Waals surface area contributed by atoms with Crippen molar-refractivity contribution < 1.29 is 19.0 Å². The van der Waals surface area contributed by atoms with Gasteiger partial charge in [-0.25, -0.2) is 4.39 Å². The molecule has 6 nitrogen and oxygen atoms in total. The number of nitrogens with zero attached hydrogens (tertiary/aromatic N) is 3. The van der Waals surface area contributed by atoms with E-state index in [1.807, 2.05) is 12.1 Å². The lowest BCUT2D eigenvalue weighted by molar-refractivity contribution is -0.120. The third-order valence-corrected chi connectivity index (χ3v) is 3.50. The van der Waals surface area contributed by atoms with Gasteiger partial charge in [0.1, 0.15) is 0 Å². The molecule has 0 unspecified atom stereocenters. The van der Waals surface area contributed by atoms with Crippen LogP contribution in [-0.2, 0) is 11.8 Å². The Hall–Kier alpha value is -3.22. The number of hydrogen-bond acceptors (Lipinski definition) is 4. The fraction of sp³-hybridized carbons (Fsp3) is 0.118. The molecule has 3 rings (SSSR count). The van der Waals surface area contributed by atoms with Gasteiger partial charge in [0, 0.05) is 12.4 Å². The summed E-state index contributed by atoms with van der Waals surface area (Å²) in [5.41, 5.74) is 0.964. The van der Waals surface area contributed by atoms with Crippen LogP contribution in [0.2, 0.25) is 0 Å². The molecule has 0 fully saturated rings. The highest BCUT2D eigenvalue weighted by molar-refractivity contribution is 5.95. The summed E-state index contributed by atoms with van der Waals surface area (Å²) in [6.45, 7) is -0.448. The summed E-state index contributed by atoms with van der Waals surface area (Å²) in [4.78, 5) is 11.8. The molecule has 24 heavy (non-hydrogen) atoms. The third kappa shape index (κ3) is 2.96. The molecule has 0 spiro atoms. The molecule has 0 bridgehead atoms. The molecule has 0 saturated heterocycles. The minimum absolute atomic E-state index is 0.0333. The number of aromatic nitrogens is 1. The fourth-order valence-corrected chi connectivity index (χ4v) is 2.29. The van der Waals surface area contributed by atoms with Crippen molar-refractivity contribution in [3.63, 3.8) is 0 Å². The molecule has 1 aromatic heterocycles. The molecule has 122 valence electrons. The lowest BCUT2D eigenvalue weighted by Crippen LogP contribution is -2.08. The van der Waals surface area contributed by atoms with E-state index in [1.54, 1.807) is 29.8 Å². The fourth-order valence-electron chi connectivity index (χ4n) is 2.29. The molecule has 1 heterocycles. The van der Waals surface area contributed by atoms with Gasteiger partial charge in [-0.15, -0.1) is 10.2 Å². The predicted octanol–water partition coefficient (Wildman–Crippen LogP) is 3.71. The molecular formula is C17H14FN3O3. The Balaban J connectivity index is 1.75. The summed E-state index contributed by atoms with van der Waals surface area (Å²) >= 11 is 0. The van der Waals surface area contributed by atoms with Gasteiger partial charge in [0.25, 0.3) is 0 Å². The maximum atomic E-state index is 13.4. The van der Waals surface area contributed by atoms with Crippen molar-refractivity contribution in [3.05, 3.63) is 54.3 Å². The number of benzene rings is 2. The molecule has 3 aromatic rings. The van der Waals surface area contributed by atoms with Crippen molar-refractivity contribution in [2.45, 2.75) is 0 Å². The summed E-state index contributed by atoms with van der Waals surface area (Å²) in [7, 11) is 1.68. The largest absolute Gasteiger partial charge is 0.493 e. The predicted molar refractivity (Wildman–Crippen MR) is 86.0 cm³/mol. The molecule has 1 amide bonds. The van der Waals surface area contributed by atoms with E-state index in [9.17, 15) is 14.3 Å². The number of hydrogen-bond donors (Lipinski definition) is 1. The van der Waals surface area contributed by atoms with Crippen LogP contribution in [0.1, 0.15) is 0 Å². The topological polar surface area (TPSA) is 76.2 Å². The van der Waals surface area contributed by atoms with Crippen molar-refractivity contribution in [1.29, 1.82) is 0 Å². The maximum Gasteiger partial charge on any atom is 0.302 e. The molecule has 0 aliphatic rings. The molecule has 1 N–H and O–H groups in total. The van der Waals surface area contributed by atoms with E-state index in [4.69, 9.17) is 4.74 Å². The first kappa shape index (κ1) is 15.7. The van der Waals surface area contributed by atoms with Gasteiger partial charge < -0.3 is 14.4 Å². The number of fused-ring (bicyclic) bond motifs is 1. The van der Waals surface area contributed by atoms with Gasteiger partial charge in [0.15, 0.2) is 23.9 Å². The van der Waals surface area contributed by atoms with Crippen LogP contribution in [-0.4, -0.2) is 22.2 Å². The molecule has 0 aliphatic heterocycles. The van der Waals surface area contributed by atoms with Crippen LogP contribution in [0.25, 0.3) is 10.9 Å². The number of carbonyl (C=O) groups is 1. The molecule has 0 radical (unpaired) electrons. The van der Waals surface area contributed by atoms with Gasteiger partial charge in [-0.3, -0.25) is 4.79 Å². The average Bonchev–Trinajstić information content (AvgIpc) is 2.84. The normalized spacial score (nSPS) is 11.2. The number of amides is 1. The summed E-state index contributed by atoms with van der Waals surface area (Å²) < 4.78 is 20.0. The number of aryl methyl sites for hydroxylation is 1. The summed E-state index contributed by atoms with van der Waals surface area (Å²) in [5, 5.41) is 18.1. The molecular weight excluding hydrogens is 313 g/mol. The van der Waals surface area contributed by atoms with Gasteiger partial charge in [-0.1, -0.05) is 30.3 Å². The first-order valence-corrected chi connectivity index (χ1v) is 7.16. The zero-order valence-electron chi connectivity index (χ0n) is 12.8. The van der Waals surface area contributed by atoms with E-state index in [1.165, 1.54) is 18.2 Å². The van der Waals surface area contributed by atoms with Crippen LogP contribution >= 0.6 is 0 Å². The number of rotatable bonds is 4. The highest BCUT2D eigenvalue weighted by Gasteiger charge is 2.14. The maximum absolute atomic E-state index is 13.4. The van der Waals surface area contributed by atoms with E-state index in [-0.39, 0.29) is 17.3 Å². The molecule has 2 aromatic carbocycles. The quantitative estimate of drug-likeness (QED) is 0.742. The molecule has 7 heteroatoms. The Morgan fingerprint density at radius 3 is 2.71 bits per heavy atom. The second-order valence-electron chi connectivity index (χ2n) is 5.06. The van der Waals surface area contributed by atoms with E-state index in [0.717, 1.165) is 5.52 Å². The monoisotopic (exact) mass is 327 g/mol. The Labute approximate surface area is 136 Å². The zero-order valence-corrected chi connectivity index (χ0v) is 12.8. The first-order valence-electron chi connectivity index (χ1n) is 7.16. The smallest absolute Gasteiger partial charge is 0.302 e. The number of ether oxygens (including phenoxy) is 1. The Bertz CT molecular complexity index is 934. The Morgan fingerprint density at radius 1 is 1.21 bits per heavy atom. The van der Waals surface area contributed by atoms with Gasteiger partial charge in [0.2, 0.25) is 5.88 Å². The van der Waals surface area contributed by atoms with E-state index >= 15 is 0 Å². The molecule has 0 aliphatic carbocycles. The highest BCUT2D eigenvalue weighted by Crippen LogP contribution is 2.37. The minimum atomic E-state index is -0.689. The summed E-state index contributed by atoms with van der Waals surface area (Å²) in [5.74, 6) is -1.38. The van der Waals surface area contributed by atoms with E-state index in [0.29, 0.717) is 5.39 Å². The first-order chi connectivity index (χ1) is 11.6.